The van der Waals surface area contributed by atoms with Gasteiger partial charge >= 0.3 is 5.97 Å². The normalized spacial score (nSPS) is 25.6. The minimum atomic E-state index is -0.501. The molecule has 1 aromatic rings. The molecule has 1 unspecified atom stereocenters. The highest BCUT2D eigenvalue weighted by atomic mass is 35.5. The SMILES string of the molecule is CCOC(=O)[C@@H]1CCC[NH+]([C@@H]2CC(=O)N(c3cc(Cl)ccc3OC)C2=O)C1. The Morgan fingerprint density at radius 2 is 2.15 bits per heavy atom. The fraction of sp³-hybridized carbons (Fsp3) is 0.526. The maximum atomic E-state index is 13.1. The van der Waals surface area contributed by atoms with E-state index in [0.29, 0.717) is 29.6 Å². The van der Waals surface area contributed by atoms with Crippen molar-refractivity contribution < 1.29 is 28.8 Å². The third-order valence-corrected chi connectivity index (χ3v) is 5.44. The van der Waals surface area contributed by atoms with Crippen molar-refractivity contribution in [1.29, 1.82) is 0 Å². The van der Waals surface area contributed by atoms with E-state index in [1.54, 1.807) is 25.1 Å². The van der Waals surface area contributed by atoms with Crippen LogP contribution in [0.2, 0.25) is 5.02 Å². The molecule has 2 heterocycles. The molecule has 2 fully saturated rings. The van der Waals surface area contributed by atoms with Gasteiger partial charge in [0.1, 0.15) is 11.7 Å². The second-order valence-corrected chi connectivity index (χ2v) is 7.28. The minimum absolute atomic E-state index is 0.110. The van der Waals surface area contributed by atoms with E-state index in [4.69, 9.17) is 21.1 Å². The van der Waals surface area contributed by atoms with Crippen molar-refractivity contribution in [2.75, 3.05) is 31.7 Å². The Hall–Kier alpha value is -2.12. The van der Waals surface area contributed by atoms with E-state index >= 15 is 0 Å². The molecule has 2 amide bonds. The van der Waals surface area contributed by atoms with Gasteiger partial charge < -0.3 is 14.4 Å². The lowest BCUT2D eigenvalue weighted by atomic mass is 9.96. The molecule has 0 spiro atoms. The Morgan fingerprint density at radius 1 is 1.37 bits per heavy atom. The molecule has 1 aromatic carbocycles. The summed E-state index contributed by atoms with van der Waals surface area (Å²) in [7, 11) is 1.48. The monoisotopic (exact) mass is 395 g/mol. The number of esters is 1. The Labute approximate surface area is 163 Å². The molecule has 1 N–H and O–H groups in total. The number of hydrogen-bond donors (Lipinski definition) is 1. The number of likely N-dealkylation sites (tertiary alicyclic amines) is 1. The van der Waals surface area contributed by atoms with E-state index < -0.39 is 6.04 Å². The van der Waals surface area contributed by atoms with Crippen LogP contribution in [-0.2, 0) is 19.1 Å². The van der Waals surface area contributed by atoms with Gasteiger partial charge in [0.05, 0.1) is 38.9 Å². The highest BCUT2D eigenvalue weighted by molar-refractivity contribution is 6.31. The Kier molecular flexibility index (Phi) is 6.01. The highest BCUT2D eigenvalue weighted by Crippen LogP contribution is 2.34. The quantitative estimate of drug-likeness (QED) is 0.590. The summed E-state index contributed by atoms with van der Waals surface area (Å²) in [5.74, 6) is -0.595. The van der Waals surface area contributed by atoms with Crippen molar-refractivity contribution in [2.45, 2.75) is 32.2 Å². The lowest BCUT2D eigenvalue weighted by Gasteiger charge is -2.31. The molecule has 146 valence electrons. The molecule has 0 aromatic heterocycles. The number of quaternary nitrogens is 1. The van der Waals surface area contributed by atoms with Gasteiger partial charge in [-0.2, -0.15) is 0 Å². The van der Waals surface area contributed by atoms with Crippen LogP contribution in [0.15, 0.2) is 18.2 Å². The first-order chi connectivity index (χ1) is 13.0. The molecular formula is C19H24ClN2O5+. The number of hydrogen-bond acceptors (Lipinski definition) is 5. The Morgan fingerprint density at radius 3 is 2.85 bits per heavy atom. The van der Waals surface area contributed by atoms with E-state index in [1.807, 2.05) is 0 Å². The number of piperidine rings is 1. The summed E-state index contributed by atoms with van der Waals surface area (Å²) in [5.41, 5.74) is 0.362. The van der Waals surface area contributed by atoms with Crippen molar-refractivity contribution in [3.63, 3.8) is 0 Å². The summed E-state index contributed by atoms with van der Waals surface area (Å²) in [6.45, 7) is 3.37. The average molecular weight is 396 g/mol. The van der Waals surface area contributed by atoms with Gasteiger partial charge in [0.15, 0.2) is 6.04 Å². The van der Waals surface area contributed by atoms with Crippen LogP contribution in [0.4, 0.5) is 5.69 Å². The maximum absolute atomic E-state index is 13.1. The lowest BCUT2D eigenvalue weighted by Crippen LogP contribution is -3.18. The Bertz CT molecular complexity index is 754. The van der Waals surface area contributed by atoms with E-state index in [-0.39, 0.29) is 30.1 Å². The molecule has 2 aliphatic heterocycles. The van der Waals surface area contributed by atoms with Gasteiger partial charge in [-0.05, 0) is 38.0 Å². The standard InChI is InChI=1S/C19H23ClN2O5/c1-3-27-19(25)12-5-4-8-21(11-12)15-10-17(23)22(18(15)24)14-9-13(20)6-7-16(14)26-2/h6-7,9,12,15H,3-5,8,10-11H2,1-2H3/p+1/t12-,15-/m1/s1. The fourth-order valence-corrected chi connectivity index (χ4v) is 4.08. The molecule has 3 rings (SSSR count). The number of benzene rings is 1. The number of carbonyl (C=O) groups is 3. The van der Waals surface area contributed by atoms with Crippen LogP contribution in [0.25, 0.3) is 0 Å². The molecule has 2 saturated heterocycles. The fourth-order valence-electron chi connectivity index (χ4n) is 3.92. The van der Waals surface area contributed by atoms with Crippen molar-refractivity contribution in [3.05, 3.63) is 23.2 Å². The van der Waals surface area contributed by atoms with Crippen molar-refractivity contribution in [1.82, 2.24) is 0 Å². The van der Waals surface area contributed by atoms with Crippen molar-refractivity contribution in [3.8, 4) is 5.75 Å². The number of anilines is 1. The van der Waals surface area contributed by atoms with Crippen LogP contribution in [0.3, 0.4) is 0 Å². The number of rotatable bonds is 5. The summed E-state index contributed by atoms with van der Waals surface area (Å²) in [6, 6.07) is 4.34. The van der Waals surface area contributed by atoms with E-state index in [9.17, 15) is 14.4 Å². The van der Waals surface area contributed by atoms with Crippen LogP contribution >= 0.6 is 11.6 Å². The zero-order valence-corrected chi connectivity index (χ0v) is 16.3. The zero-order chi connectivity index (χ0) is 19.6. The maximum Gasteiger partial charge on any atom is 0.314 e. The van der Waals surface area contributed by atoms with Gasteiger partial charge in [0.2, 0.25) is 5.91 Å². The van der Waals surface area contributed by atoms with Crippen molar-refractivity contribution in [2.24, 2.45) is 5.92 Å². The smallest absolute Gasteiger partial charge is 0.314 e. The number of amides is 2. The summed E-state index contributed by atoms with van der Waals surface area (Å²) in [6.07, 6.45) is 1.68. The molecule has 0 saturated carbocycles. The van der Waals surface area contributed by atoms with Crippen LogP contribution in [0.1, 0.15) is 26.2 Å². The average Bonchev–Trinajstić information content (AvgIpc) is 2.96. The molecule has 0 radical (unpaired) electrons. The molecule has 8 heteroatoms. The van der Waals surface area contributed by atoms with Crippen LogP contribution in [-0.4, -0.2) is 50.6 Å². The minimum Gasteiger partial charge on any atom is -0.495 e. The first-order valence-electron chi connectivity index (χ1n) is 9.17. The molecule has 27 heavy (non-hydrogen) atoms. The van der Waals surface area contributed by atoms with Gasteiger partial charge in [-0.15, -0.1) is 0 Å². The van der Waals surface area contributed by atoms with Crippen LogP contribution in [0, 0.1) is 5.92 Å². The molecule has 7 nitrogen and oxygen atoms in total. The topological polar surface area (TPSA) is 77.3 Å². The van der Waals surface area contributed by atoms with Gasteiger partial charge in [-0.25, -0.2) is 4.90 Å². The number of imide groups is 1. The van der Waals surface area contributed by atoms with E-state index in [0.717, 1.165) is 29.2 Å². The van der Waals surface area contributed by atoms with Gasteiger partial charge in [0.25, 0.3) is 5.91 Å². The second-order valence-electron chi connectivity index (χ2n) is 6.84. The largest absolute Gasteiger partial charge is 0.495 e. The molecule has 2 aliphatic rings. The third-order valence-electron chi connectivity index (χ3n) is 5.20. The number of nitrogens with zero attached hydrogens (tertiary/aromatic N) is 1. The predicted molar refractivity (Wildman–Crippen MR) is 99.0 cm³/mol. The van der Waals surface area contributed by atoms with Gasteiger partial charge in [-0.3, -0.25) is 14.4 Å². The summed E-state index contributed by atoms with van der Waals surface area (Å²) >= 11 is 6.05. The lowest BCUT2D eigenvalue weighted by molar-refractivity contribution is -0.922. The van der Waals surface area contributed by atoms with Crippen molar-refractivity contribution >= 4 is 35.1 Å². The van der Waals surface area contributed by atoms with Crippen LogP contribution < -0.4 is 14.5 Å². The van der Waals surface area contributed by atoms with Gasteiger partial charge in [-0.1, -0.05) is 11.6 Å². The van der Waals surface area contributed by atoms with E-state index in [1.165, 1.54) is 7.11 Å². The molecular weight excluding hydrogens is 372 g/mol. The highest BCUT2D eigenvalue weighted by Gasteiger charge is 2.48. The summed E-state index contributed by atoms with van der Waals surface area (Å²) in [4.78, 5) is 39.9. The van der Waals surface area contributed by atoms with E-state index in [2.05, 4.69) is 0 Å². The molecule has 0 aliphatic carbocycles. The number of halogens is 1. The molecule has 3 atom stereocenters. The third kappa shape index (κ3) is 3.94. The first kappa shape index (κ1) is 19.6. The van der Waals surface area contributed by atoms with Crippen LogP contribution in [0.5, 0.6) is 5.75 Å². The number of carbonyl (C=O) groups excluding carboxylic acids is 3. The second kappa shape index (κ2) is 8.27. The number of nitrogens with one attached hydrogen (secondary N) is 1. The Balaban J connectivity index is 1.80. The predicted octanol–water partition coefficient (Wildman–Crippen LogP) is 0.839. The number of methoxy groups -OCH3 is 1. The summed E-state index contributed by atoms with van der Waals surface area (Å²) < 4.78 is 10.4. The number of ether oxygens (including phenoxy) is 2. The summed E-state index contributed by atoms with van der Waals surface area (Å²) in [5, 5.41) is 0.419. The van der Waals surface area contributed by atoms with Gasteiger partial charge in [0, 0.05) is 5.02 Å². The zero-order valence-electron chi connectivity index (χ0n) is 15.5. The molecule has 0 bridgehead atoms. The first-order valence-corrected chi connectivity index (χ1v) is 9.55.